The van der Waals surface area contributed by atoms with E-state index in [1.807, 2.05) is 60.7 Å². The first-order valence-electron chi connectivity index (χ1n) is 9.33. The minimum Gasteiger partial charge on any atom is -0.450 e. The smallest absolute Gasteiger partial charge is 0.411 e. The van der Waals surface area contributed by atoms with Gasteiger partial charge in [0.1, 0.15) is 17.7 Å². The molecule has 150 valence electrons. The zero-order valence-electron chi connectivity index (χ0n) is 16.1. The predicted molar refractivity (Wildman–Crippen MR) is 114 cm³/mol. The van der Waals surface area contributed by atoms with Crippen LogP contribution in [0.25, 0.3) is 0 Å². The van der Waals surface area contributed by atoms with Crippen molar-refractivity contribution in [2.45, 2.75) is 19.1 Å². The Morgan fingerprint density at radius 1 is 1.03 bits per heavy atom. The van der Waals surface area contributed by atoms with Gasteiger partial charge in [-0.15, -0.1) is 0 Å². The van der Waals surface area contributed by atoms with Gasteiger partial charge in [0, 0.05) is 0 Å². The monoisotopic (exact) mass is 392 g/mol. The van der Waals surface area contributed by atoms with Crippen LogP contribution in [0.15, 0.2) is 72.8 Å². The van der Waals surface area contributed by atoms with Gasteiger partial charge in [-0.3, -0.25) is 5.32 Å². The van der Waals surface area contributed by atoms with Gasteiger partial charge in [0.25, 0.3) is 0 Å². The van der Waals surface area contributed by atoms with Gasteiger partial charge in [-0.25, -0.2) is 9.78 Å². The number of hydrogen-bond donors (Lipinski definition) is 4. The summed E-state index contributed by atoms with van der Waals surface area (Å²) in [7, 11) is 0. The Hall–Kier alpha value is -3.58. The maximum absolute atomic E-state index is 11.6. The number of amides is 1. The number of aliphatic hydroxyl groups excluding tert-OH is 1. The van der Waals surface area contributed by atoms with Crippen LogP contribution < -0.4 is 16.4 Å². The molecule has 0 bridgehead atoms. The lowest BCUT2D eigenvalue weighted by molar-refractivity contribution is 0.154. The molecular weight excluding hydrogens is 368 g/mol. The van der Waals surface area contributed by atoms with E-state index in [2.05, 4.69) is 15.6 Å². The molecule has 0 saturated carbocycles. The highest BCUT2D eigenvalue weighted by Gasteiger charge is 2.23. The summed E-state index contributed by atoms with van der Waals surface area (Å²) in [5.74, 6) is 0.616. The third-order valence-corrected chi connectivity index (χ3v) is 4.36. The fraction of sp³-hybridized carbons (Fsp3) is 0.182. The Kier molecular flexibility index (Phi) is 6.65. The molecule has 29 heavy (non-hydrogen) atoms. The summed E-state index contributed by atoms with van der Waals surface area (Å²) < 4.78 is 4.85. The number of nitrogens with zero attached hydrogens (tertiary/aromatic N) is 1. The maximum Gasteiger partial charge on any atom is 0.411 e. The first-order chi connectivity index (χ1) is 14.1. The fourth-order valence-corrected chi connectivity index (χ4v) is 2.95. The van der Waals surface area contributed by atoms with Gasteiger partial charge >= 0.3 is 6.09 Å². The number of benzene rings is 2. The summed E-state index contributed by atoms with van der Waals surface area (Å²) in [6.45, 7) is 1.98. The van der Waals surface area contributed by atoms with Crippen LogP contribution in [0.2, 0.25) is 0 Å². The van der Waals surface area contributed by atoms with Crippen molar-refractivity contribution in [3.63, 3.8) is 0 Å². The minimum absolute atomic E-state index is 0.143. The van der Waals surface area contributed by atoms with E-state index in [1.165, 1.54) is 0 Å². The lowest BCUT2D eigenvalue weighted by Gasteiger charge is -2.26. The molecule has 0 aliphatic heterocycles. The predicted octanol–water partition coefficient (Wildman–Crippen LogP) is 4.12. The number of nitrogen functional groups attached to an aromatic ring is 1. The van der Waals surface area contributed by atoms with Crippen LogP contribution >= 0.6 is 0 Å². The van der Waals surface area contributed by atoms with Crippen molar-refractivity contribution in [3.05, 3.63) is 83.9 Å². The van der Waals surface area contributed by atoms with Crippen LogP contribution in [0.4, 0.5) is 22.1 Å². The molecule has 3 aromatic rings. The van der Waals surface area contributed by atoms with Crippen LogP contribution in [-0.2, 0) is 4.74 Å². The van der Waals surface area contributed by atoms with Gasteiger partial charge < -0.3 is 20.9 Å². The second-order valence-corrected chi connectivity index (χ2v) is 6.36. The number of carbonyl (C=O) groups excluding carboxylic acids is 1. The van der Waals surface area contributed by atoms with Crippen molar-refractivity contribution in [3.8, 4) is 0 Å². The SMILES string of the molecule is CCOC(=O)Nc1ccc(NC(c2ccccc2)C(O)c2ccccc2)nc1N. The summed E-state index contributed by atoms with van der Waals surface area (Å²) in [4.78, 5) is 15.9. The molecule has 1 aromatic heterocycles. The highest BCUT2D eigenvalue weighted by molar-refractivity contribution is 5.88. The van der Waals surface area contributed by atoms with Gasteiger partial charge in [0.15, 0.2) is 0 Å². The zero-order chi connectivity index (χ0) is 20.6. The zero-order valence-corrected chi connectivity index (χ0v) is 16.1. The summed E-state index contributed by atoms with van der Waals surface area (Å²) in [6.07, 6.45) is -1.40. The normalized spacial score (nSPS) is 12.6. The van der Waals surface area contributed by atoms with Gasteiger partial charge in [0.05, 0.1) is 18.3 Å². The highest BCUT2D eigenvalue weighted by atomic mass is 16.5. The molecule has 0 saturated heterocycles. The Bertz CT molecular complexity index is 935. The van der Waals surface area contributed by atoms with Crippen molar-refractivity contribution in [2.75, 3.05) is 23.0 Å². The molecule has 0 fully saturated rings. The molecule has 5 N–H and O–H groups in total. The number of nitrogens with two attached hydrogens (primary N) is 1. The second kappa shape index (κ2) is 9.57. The van der Waals surface area contributed by atoms with Crippen LogP contribution in [0, 0.1) is 0 Å². The standard InChI is InChI=1S/C22H24N4O3/c1-2-29-22(28)24-17-13-14-18(26-21(17)23)25-19(15-9-5-3-6-10-15)20(27)16-11-7-4-8-12-16/h3-14,19-20,27H,2H2,1H3,(H,24,28)(H3,23,25,26). The van der Waals surface area contributed by atoms with E-state index >= 15 is 0 Å². The molecule has 1 amide bonds. The number of pyridine rings is 1. The van der Waals surface area contributed by atoms with Crippen molar-refractivity contribution < 1.29 is 14.6 Å². The van der Waals surface area contributed by atoms with E-state index < -0.39 is 18.2 Å². The summed E-state index contributed by atoms with van der Waals surface area (Å²) in [5.41, 5.74) is 8.02. The molecule has 3 rings (SSSR count). The Labute approximate surface area is 169 Å². The van der Waals surface area contributed by atoms with E-state index in [9.17, 15) is 9.90 Å². The molecule has 0 aliphatic rings. The molecule has 2 unspecified atom stereocenters. The van der Waals surface area contributed by atoms with E-state index in [0.717, 1.165) is 11.1 Å². The summed E-state index contributed by atoms with van der Waals surface area (Å²) >= 11 is 0. The number of anilines is 3. The fourth-order valence-electron chi connectivity index (χ4n) is 2.95. The number of rotatable bonds is 7. The lowest BCUT2D eigenvalue weighted by atomic mass is 9.96. The largest absolute Gasteiger partial charge is 0.450 e. The van der Waals surface area contributed by atoms with Crippen molar-refractivity contribution in [2.24, 2.45) is 0 Å². The number of ether oxygens (including phenoxy) is 1. The van der Waals surface area contributed by atoms with Gasteiger partial charge in [-0.2, -0.15) is 0 Å². The van der Waals surface area contributed by atoms with Crippen molar-refractivity contribution in [1.29, 1.82) is 0 Å². The van der Waals surface area contributed by atoms with Crippen LogP contribution in [0.3, 0.4) is 0 Å². The average Bonchev–Trinajstić information content (AvgIpc) is 2.75. The molecule has 7 heteroatoms. The molecule has 7 nitrogen and oxygen atoms in total. The molecule has 0 aliphatic carbocycles. The van der Waals surface area contributed by atoms with Gasteiger partial charge in [-0.05, 0) is 30.2 Å². The maximum atomic E-state index is 11.6. The van der Waals surface area contributed by atoms with Crippen molar-refractivity contribution >= 4 is 23.4 Å². The van der Waals surface area contributed by atoms with E-state index in [4.69, 9.17) is 10.5 Å². The minimum atomic E-state index is -0.807. The first kappa shape index (κ1) is 20.2. The van der Waals surface area contributed by atoms with Crippen LogP contribution in [-0.4, -0.2) is 22.8 Å². The molecule has 1 heterocycles. The topological polar surface area (TPSA) is 110 Å². The second-order valence-electron chi connectivity index (χ2n) is 6.36. The van der Waals surface area contributed by atoms with Gasteiger partial charge in [-0.1, -0.05) is 60.7 Å². The number of aliphatic hydroxyl groups is 1. The van der Waals surface area contributed by atoms with E-state index in [0.29, 0.717) is 11.5 Å². The van der Waals surface area contributed by atoms with Crippen LogP contribution in [0.5, 0.6) is 0 Å². The quantitative estimate of drug-likeness (QED) is 0.482. The number of nitrogens with one attached hydrogen (secondary N) is 2. The molecule has 0 spiro atoms. The molecular formula is C22H24N4O3. The summed E-state index contributed by atoms with van der Waals surface area (Å²) in [5, 5.41) is 16.8. The summed E-state index contributed by atoms with van der Waals surface area (Å²) in [6, 6.07) is 21.9. The van der Waals surface area contributed by atoms with E-state index in [-0.39, 0.29) is 12.4 Å². The molecule has 0 radical (unpaired) electrons. The third kappa shape index (κ3) is 5.24. The third-order valence-electron chi connectivity index (χ3n) is 4.36. The number of aromatic nitrogens is 1. The molecule has 2 atom stereocenters. The Morgan fingerprint density at radius 2 is 1.66 bits per heavy atom. The Balaban J connectivity index is 1.84. The first-order valence-corrected chi connectivity index (χ1v) is 9.33. The van der Waals surface area contributed by atoms with E-state index in [1.54, 1.807) is 19.1 Å². The van der Waals surface area contributed by atoms with Gasteiger partial charge in [0.2, 0.25) is 0 Å². The molecule has 2 aromatic carbocycles. The number of carbonyl (C=O) groups is 1. The highest BCUT2D eigenvalue weighted by Crippen LogP contribution is 2.32. The van der Waals surface area contributed by atoms with Crippen molar-refractivity contribution in [1.82, 2.24) is 4.98 Å². The van der Waals surface area contributed by atoms with Crippen LogP contribution in [0.1, 0.15) is 30.2 Å². The lowest BCUT2D eigenvalue weighted by Crippen LogP contribution is -2.20. The number of hydrogen-bond acceptors (Lipinski definition) is 6. The average molecular weight is 392 g/mol. The Morgan fingerprint density at radius 3 is 2.24 bits per heavy atom.